The van der Waals surface area contributed by atoms with Gasteiger partial charge in [-0.3, -0.25) is 4.79 Å². The van der Waals surface area contributed by atoms with Crippen LogP contribution in [-0.4, -0.2) is 40.9 Å². The van der Waals surface area contributed by atoms with Gasteiger partial charge >= 0.3 is 0 Å². The number of nitrogens with zero attached hydrogens (tertiary/aromatic N) is 4. The first kappa shape index (κ1) is 23.5. The second kappa shape index (κ2) is 9.81. The zero-order valence-electron chi connectivity index (χ0n) is 19.9. The van der Waals surface area contributed by atoms with E-state index in [0.717, 1.165) is 56.2 Å². The van der Waals surface area contributed by atoms with Gasteiger partial charge in [0.25, 0.3) is 5.56 Å². The number of nitriles is 1. The maximum atomic E-state index is 12.5. The van der Waals surface area contributed by atoms with E-state index in [4.69, 9.17) is 16.3 Å². The number of aromatic nitrogens is 2. The molecule has 1 aromatic heterocycles. The molecule has 2 aromatic rings. The minimum absolute atomic E-state index is 0.0503. The zero-order chi connectivity index (χ0) is 23.7. The molecule has 2 aliphatic heterocycles. The SMILES string of the molecule is Cc1c(CC2CC3(C2)CN(CCCc2cnn(C4CCCCO4)c(=O)c2)C3)ccc(Cl)c1C#N. The normalized spacial score (nSPS) is 22.2. The van der Waals surface area contributed by atoms with Crippen molar-refractivity contribution in [3.05, 3.63) is 62.0 Å². The summed E-state index contributed by atoms with van der Waals surface area (Å²) in [7, 11) is 0. The van der Waals surface area contributed by atoms with Crippen LogP contribution in [0.3, 0.4) is 0 Å². The van der Waals surface area contributed by atoms with E-state index in [2.05, 4.69) is 22.1 Å². The highest BCUT2D eigenvalue weighted by molar-refractivity contribution is 6.31. The molecular weight excluding hydrogens is 448 g/mol. The molecule has 0 N–H and O–H groups in total. The maximum absolute atomic E-state index is 12.5. The second-order valence-electron chi connectivity index (χ2n) is 10.6. The Morgan fingerprint density at radius 1 is 1.29 bits per heavy atom. The van der Waals surface area contributed by atoms with Gasteiger partial charge in [-0.25, -0.2) is 4.68 Å². The van der Waals surface area contributed by atoms with Crippen molar-refractivity contribution in [3.8, 4) is 6.07 Å². The predicted molar refractivity (Wildman–Crippen MR) is 132 cm³/mol. The van der Waals surface area contributed by atoms with Crippen molar-refractivity contribution in [2.75, 3.05) is 26.2 Å². The molecule has 1 unspecified atom stereocenters. The molecule has 34 heavy (non-hydrogen) atoms. The molecule has 3 heterocycles. The van der Waals surface area contributed by atoms with Crippen molar-refractivity contribution >= 4 is 11.6 Å². The van der Waals surface area contributed by atoms with E-state index in [-0.39, 0.29) is 11.8 Å². The van der Waals surface area contributed by atoms with Crippen LogP contribution >= 0.6 is 11.6 Å². The second-order valence-corrected chi connectivity index (χ2v) is 11.0. The van der Waals surface area contributed by atoms with Gasteiger partial charge in [0.05, 0.1) is 16.8 Å². The Bertz CT molecular complexity index is 1130. The van der Waals surface area contributed by atoms with Crippen molar-refractivity contribution in [2.45, 2.75) is 64.5 Å². The number of hydrogen-bond donors (Lipinski definition) is 0. The van der Waals surface area contributed by atoms with E-state index in [1.54, 1.807) is 6.07 Å². The highest BCUT2D eigenvalue weighted by atomic mass is 35.5. The predicted octanol–water partition coefficient (Wildman–Crippen LogP) is 4.66. The van der Waals surface area contributed by atoms with Crippen molar-refractivity contribution in [1.82, 2.24) is 14.7 Å². The first-order valence-electron chi connectivity index (χ1n) is 12.6. The van der Waals surface area contributed by atoms with Crippen LogP contribution in [0.25, 0.3) is 0 Å². The largest absolute Gasteiger partial charge is 0.356 e. The van der Waals surface area contributed by atoms with Gasteiger partial charge in [0.2, 0.25) is 0 Å². The topological polar surface area (TPSA) is 71.2 Å². The fourth-order valence-corrected chi connectivity index (χ4v) is 6.50. The van der Waals surface area contributed by atoms with Crippen LogP contribution in [0, 0.1) is 29.6 Å². The van der Waals surface area contributed by atoms with Gasteiger partial charge in [-0.2, -0.15) is 10.4 Å². The van der Waals surface area contributed by atoms with Crippen LogP contribution in [0.2, 0.25) is 5.02 Å². The Morgan fingerprint density at radius 2 is 2.12 bits per heavy atom. The molecule has 1 atom stereocenters. The molecule has 1 aliphatic carbocycles. The van der Waals surface area contributed by atoms with E-state index in [1.807, 2.05) is 19.2 Å². The Kier molecular flexibility index (Phi) is 6.79. The molecular formula is C27H33ClN4O2. The molecule has 0 radical (unpaired) electrons. The van der Waals surface area contributed by atoms with E-state index in [0.29, 0.717) is 28.5 Å². The summed E-state index contributed by atoms with van der Waals surface area (Å²) >= 11 is 6.15. The average Bonchev–Trinajstić information content (AvgIpc) is 2.78. The van der Waals surface area contributed by atoms with Gasteiger partial charge < -0.3 is 9.64 Å². The number of rotatable bonds is 7. The lowest BCUT2D eigenvalue weighted by Crippen LogP contribution is -2.62. The summed E-state index contributed by atoms with van der Waals surface area (Å²) in [4.78, 5) is 15.0. The van der Waals surface area contributed by atoms with Crippen molar-refractivity contribution < 1.29 is 4.74 Å². The van der Waals surface area contributed by atoms with E-state index in [9.17, 15) is 10.1 Å². The molecule has 180 valence electrons. The molecule has 7 heteroatoms. The summed E-state index contributed by atoms with van der Waals surface area (Å²) < 4.78 is 7.19. The Balaban J connectivity index is 1.04. The van der Waals surface area contributed by atoms with Crippen LogP contribution in [-0.2, 0) is 17.6 Å². The molecule has 3 aliphatic rings. The van der Waals surface area contributed by atoms with Gasteiger partial charge in [-0.1, -0.05) is 17.7 Å². The summed E-state index contributed by atoms with van der Waals surface area (Å²) in [5.41, 5.74) is 4.40. The number of benzene rings is 1. The van der Waals surface area contributed by atoms with Crippen LogP contribution in [0.15, 0.2) is 29.2 Å². The summed E-state index contributed by atoms with van der Waals surface area (Å²) in [6.07, 6.45) is 10.2. The average molecular weight is 481 g/mol. The fourth-order valence-electron chi connectivity index (χ4n) is 6.25. The summed E-state index contributed by atoms with van der Waals surface area (Å²) in [6.45, 7) is 6.17. The van der Waals surface area contributed by atoms with Crippen molar-refractivity contribution in [1.29, 1.82) is 5.26 Å². The lowest BCUT2D eigenvalue weighted by Gasteiger charge is -2.59. The van der Waals surface area contributed by atoms with Crippen LogP contribution in [0.1, 0.15) is 67.0 Å². The van der Waals surface area contributed by atoms with Gasteiger partial charge in [-0.05, 0) is 98.9 Å². The molecule has 0 bridgehead atoms. The highest BCUT2D eigenvalue weighted by Crippen LogP contribution is 2.53. The lowest BCUT2D eigenvalue weighted by molar-refractivity contribution is -0.0937. The number of likely N-dealkylation sites (tertiary alicyclic amines) is 1. The molecule has 1 saturated carbocycles. The number of hydrogen-bond acceptors (Lipinski definition) is 5. The zero-order valence-corrected chi connectivity index (χ0v) is 20.7. The summed E-state index contributed by atoms with van der Waals surface area (Å²) in [6, 6.07) is 7.93. The van der Waals surface area contributed by atoms with Crippen LogP contribution < -0.4 is 5.56 Å². The van der Waals surface area contributed by atoms with Gasteiger partial charge in [0.1, 0.15) is 6.07 Å². The molecule has 5 rings (SSSR count). The highest BCUT2D eigenvalue weighted by Gasteiger charge is 2.51. The third-order valence-electron chi connectivity index (χ3n) is 7.96. The van der Waals surface area contributed by atoms with Crippen LogP contribution in [0.5, 0.6) is 0 Å². The molecule has 6 nitrogen and oxygen atoms in total. The third kappa shape index (κ3) is 4.79. The monoisotopic (exact) mass is 480 g/mol. The van der Waals surface area contributed by atoms with Crippen LogP contribution in [0.4, 0.5) is 0 Å². The van der Waals surface area contributed by atoms with Crippen molar-refractivity contribution in [2.24, 2.45) is 11.3 Å². The first-order valence-corrected chi connectivity index (χ1v) is 12.9. The molecule has 0 amide bonds. The standard InChI is InChI=1S/C27H33ClN4O2/c1-19-22(7-8-24(28)23(19)15-29)11-21-13-27(14-21)17-31(18-27)9-4-5-20-12-25(33)32(30-16-20)26-6-2-3-10-34-26/h7-8,12,16,21,26H,2-6,9-11,13-14,17-18H2,1H3. The minimum atomic E-state index is -0.198. The molecule has 2 saturated heterocycles. The smallest absolute Gasteiger partial charge is 0.269 e. The fraction of sp³-hybridized carbons (Fsp3) is 0.593. The maximum Gasteiger partial charge on any atom is 0.269 e. The number of halogens is 1. The van der Waals surface area contributed by atoms with E-state index in [1.165, 1.54) is 36.2 Å². The molecule has 1 spiro atoms. The van der Waals surface area contributed by atoms with E-state index < -0.39 is 0 Å². The van der Waals surface area contributed by atoms with E-state index >= 15 is 0 Å². The first-order chi connectivity index (χ1) is 16.5. The summed E-state index contributed by atoms with van der Waals surface area (Å²) in [5.74, 6) is 0.708. The van der Waals surface area contributed by atoms with Crippen molar-refractivity contribution in [3.63, 3.8) is 0 Å². The third-order valence-corrected chi connectivity index (χ3v) is 8.27. The van der Waals surface area contributed by atoms with Gasteiger partial charge in [-0.15, -0.1) is 0 Å². The molecule has 3 fully saturated rings. The molecule has 1 aromatic carbocycles. The Morgan fingerprint density at radius 3 is 2.82 bits per heavy atom. The van der Waals surface area contributed by atoms with Gasteiger partial charge in [0, 0.05) is 25.8 Å². The summed E-state index contributed by atoms with van der Waals surface area (Å²) in [5, 5.41) is 14.3. The lowest BCUT2D eigenvalue weighted by atomic mass is 9.56. The number of ether oxygens (including phenoxy) is 1. The Hall–Kier alpha value is -2.20. The van der Waals surface area contributed by atoms with Gasteiger partial charge in [0.15, 0.2) is 6.23 Å². The Labute approximate surface area is 206 Å². The number of aryl methyl sites for hydroxylation is 1. The minimum Gasteiger partial charge on any atom is -0.356 e. The quantitative estimate of drug-likeness (QED) is 0.576.